The van der Waals surface area contributed by atoms with Gasteiger partial charge in [0.25, 0.3) is 5.91 Å². The van der Waals surface area contributed by atoms with Crippen LogP contribution in [0.1, 0.15) is 30.1 Å². The van der Waals surface area contributed by atoms with Gasteiger partial charge < -0.3 is 9.64 Å². The summed E-state index contributed by atoms with van der Waals surface area (Å²) in [6.45, 7) is 3.68. The highest BCUT2D eigenvalue weighted by molar-refractivity contribution is 5.93. The zero-order chi connectivity index (χ0) is 12.5. The number of nitrogens with zero attached hydrogens (tertiary/aromatic N) is 3. The van der Waals surface area contributed by atoms with Crippen LogP contribution in [-0.4, -0.2) is 46.3 Å². The third-order valence-corrected chi connectivity index (χ3v) is 3.82. The van der Waals surface area contributed by atoms with Crippen molar-refractivity contribution in [2.24, 2.45) is 5.92 Å². The SMILES string of the molecule is C[C@@H]1C[C@@H]2CN(C(=O)c3ccnnc3)CC[C@@H]2O1. The van der Waals surface area contributed by atoms with Crippen LogP contribution in [0.15, 0.2) is 18.5 Å². The van der Waals surface area contributed by atoms with Crippen LogP contribution in [0.4, 0.5) is 0 Å². The predicted molar refractivity (Wildman–Crippen MR) is 65.0 cm³/mol. The molecule has 3 heterocycles. The highest BCUT2D eigenvalue weighted by atomic mass is 16.5. The van der Waals surface area contributed by atoms with Crippen LogP contribution in [0.3, 0.4) is 0 Å². The van der Waals surface area contributed by atoms with Crippen molar-refractivity contribution in [1.29, 1.82) is 0 Å². The van der Waals surface area contributed by atoms with Gasteiger partial charge in [-0.05, 0) is 25.8 Å². The highest BCUT2D eigenvalue weighted by Crippen LogP contribution is 2.32. The summed E-state index contributed by atoms with van der Waals surface area (Å²) in [5.41, 5.74) is 0.621. The van der Waals surface area contributed by atoms with Gasteiger partial charge in [-0.25, -0.2) is 0 Å². The van der Waals surface area contributed by atoms with Crippen LogP contribution in [0.5, 0.6) is 0 Å². The fraction of sp³-hybridized carbons (Fsp3) is 0.615. The molecule has 3 rings (SSSR count). The minimum Gasteiger partial charge on any atom is -0.375 e. The molecule has 2 fully saturated rings. The Morgan fingerprint density at radius 2 is 2.39 bits per heavy atom. The van der Waals surface area contributed by atoms with Crippen molar-refractivity contribution >= 4 is 5.91 Å². The molecule has 18 heavy (non-hydrogen) atoms. The number of ether oxygens (including phenoxy) is 1. The number of likely N-dealkylation sites (tertiary alicyclic amines) is 1. The summed E-state index contributed by atoms with van der Waals surface area (Å²) in [6.07, 6.45) is 5.77. The van der Waals surface area contributed by atoms with Gasteiger partial charge in [0, 0.05) is 19.0 Å². The number of hydrogen-bond donors (Lipinski definition) is 0. The molecule has 0 saturated carbocycles. The molecule has 2 saturated heterocycles. The van der Waals surface area contributed by atoms with Crippen molar-refractivity contribution in [2.75, 3.05) is 13.1 Å². The zero-order valence-electron chi connectivity index (χ0n) is 10.5. The Balaban J connectivity index is 1.70. The molecule has 96 valence electrons. The average Bonchev–Trinajstić information content (AvgIpc) is 2.78. The summed E-state index contributed by atoms with van der Waals surface area (Å²) in [5.74, 6) is 0.551. The van der Waals surface area contributed by atoms with Gasteiger partial charge in [-0.3, -0.25) is 4.79 Å². The van der Waals surface area contributed by atoms with E-state index in [1.165, 1.54) is 6.20 Å². The summed E-state index contributed by atoms with van der Waals surface area (Å²) in [7, 11) is 0. The Bertz CT molecular complexity index is 437. The normalized spacial score (nSPS) is 31.2. The molecular weight excluding hydrogens is 230 g/mol. The topological polar surface area (TPSA) is 55.3 Å². The first-order valence-corrected chi connectivity index (χ1v) is 6.45. The van der Waals surface area contributed by atoms with Crippen molar-refractivity contribution in [3.8, 4) is 0 Å². The number of carbonyl (C=O) groups is 1. The second-order valence-electron chi connectivity index (χ2n) is 5.15. The van der Waals surface area contributed by atoms with Gasteiger partial charge in [0.05, 0.1) is 30.2 Å². The Morgan fingerprint density at radius 3 is 3.17 bits per heavy atom. The Hall–Kier alpha value is -1.49. The van der Waals surface area contributed by atoms with Crippen LogP contribution < -0.4 is 0 Å². The number of carbonyl (C=O) groups excluding carboxylic acids is 1. The third kappa shape index (κ3) is 2.10. The van der Waals surface area contributed by atoms with Crippen LogP contribution in [0.25, 0.3) is 0 Å². The van der Waals surface area contributed by atoms with Crippen molar-refractivity contribution in [3.05, 3.63) is 24.0 Å². The summed E-state index contributed by atoms with van der Waals surface area (Å²) in [6, 6.07) is 1.72. The first kappa shape index (κ1) is 11.6. The van der Waals surface area contributed by atoms with E-state index in [2.05, 4.69) is 17.1 Å². The number of piperidine rings is 1. The number of hydrogen-bond acceptors (Lipinski definition) is 4. The van der Waals surface area contributed by atoms with Crippen molar-refractivity contribution in [3.63, 3.8) is 0 Å². The van der Waals surface area contributed by atoms with Gasteiger partial charge in [0.1, 0.15) is 0 Å². The van der Waals surface area contributed by atoms with Crippen LogP contribution >= 0.6 is 0 Å². The lowest BCUT2D eigenvalue weighted by molar-refractivity contribution is 0.00863. The molecule has 0 unspecified atom stereocenters. The van der Waals surface area contributed by atoms with Crippen molar-refractivity contribution in [1.82, 2.24) is 15.1 Å². The summed E-state index contributed by atoms with van der Waals surface area (Å²) >= 11 is 0. The van der Waals surface area contributed by atoms with E-state index in [0.717, 1.165) is 25.9 Å². The Kier molecular flexibility index (Phi) is 2.99. The Labute approximate surface area is 106 Å². The fourth-order valence-corrected chi connectivity index (χ4v) is 2.98. The lowest BCUT2D eigenvalue weighted by Gasteiger charge is -2.34. The van der Waals surface area contributed by atoms with Gasteiger partial charge >= 0.3 is 0 Å². The van der Waals surface area contributed by atoms with Crippen LogP contribution in [-0.2, 0) is 4.74 Å². The molecule has 0 aromatic carbocycles. The number of fused-ring (bicyclic) bond motifs is 1. The average molecular weight is 247 g/mol. The fourth-order valence-electron chi connectivity index (χ4n) is 2.98. The molecule has 0 N–H and O–H groups in total. The van der Waals surface area contributed by atoms with E-state index in [4.69, 9.17) is 4.74 Å². The van der Waals surface area contributed by atoms with Gasteiger partial charge in [-0.15, -0.1) is 0 Å². The predicted octanol–water partition coefficient (Wildman–Crippen LogP) is 1.12. The van der Waals surface area contributed by atoms with E-state index < -0.39 is 0 Å². The second-order valence-corrected chi connectivity index (χ2v) is 5.15. The van der Waals surface area contributed by atoms with Gasteiger partial charge in [0.2, 0.25) is 0 Å². The zero-order valence-corrected chi connectivity index (χ0v) is 10.5. The Morgan fingerprint density at radius 1 is 1.50 bits per heavy atom. The monoisotopic (exact) mass is 247 g/mol. The number of aromatic nitrogens is 2. The maximum atomic E-state index is 12.3. The van der Waals surface area contributed by atoms with Gasteiger partial charge in [-0.1, -0.05) is 0 Å². The van der Waals surface area contributed by atoms with Crippen LogP contribution in [0.2, 0.25) is 0 Å². The van der Waals surface area contributed by atoms with Crippen molar-refractivity contribution < 1.29 is 9.53 Å². The lowest BCUT2D eigenvalue weighted by atomic mass is 9.93. The molecule has 3 atom stereocenters. The summed E-state index contributed by atoms with van der Waals surface area (Å²) in [4.78, 5) is 14.2. The van der Waals surface area contributed by atoms with E-state index in [9.17, 15) is 4.79 Å². The first-order chi connectivity index (χ1) is 8.74. The van der Waals surface area contributed by atoms with E-state index in [1.807, 2.05) is 4.90 Å². The molecule has 0 bridgehead atoms. The molecule has 2 aliphatic rings. The third-order valence-electron chi connectivity index (χ3n) is 3.82. The number of amides is 1. The summed E-state index contributed by atoms with van der Waals surface area (Å²) < 4.78 is 5.84. The second kappa shape index (κ2) is 4.65. The van der Waals surface area contributed by atoms with Gasteiger partial charge in [-0.2, -0.15) is 10.2 Å². The minimum atomic E-state index is 0.0582. The molecule has 5 nitrogen and oxygen atoms in total. The van der Waals surface area contributed by atoms with Gasteiger partial charge in [0.15, 0.2) is 0 Å². The largest absolute Gasteiger partial charge is 0.375 e. The van der Waals surface area contributed by atoms with E-state index >= 15 is 0 Å². The maximum Gasteiger partial charge on any atom is 0.255 e. The quantitative estimate of drug-likeness (QED) is 0.746. The standard InChI is InChI=1S/C13H17N3O2/c1-9-6-11-8-16(5-3-12(11)18-9)13(17)10-2-4-14-15-7-10/h2,4,7,9,11-12H,3,5-6,8H2,1H3/t9-,11-,12+/m1/s1. The molecule has 1 amide bonds. The van der Waals surface area contributed by atoms with E-state index in [0.29, 0.717) is 23.7 Å². The lowest BCUT2D eigenvalue weighted by Crippen LogP contribution is -2.44. The molecule has 0 spiro atoms. The van der Waals surface area contributed by atoms with E-state index in [-0.39, 0.29) is 5.91 Å². The minimum absolute atomic E-state index is 0.0582. The maximum absolute atomic E-state index is 12.3. The smallest absolute Gasteiger partial charge is 0.255 e. The molecule has 0 aliphatic carbocycles. The molecule has 0 radical (unpaired) electrons. The van der Waals surface area contributed by atoms with Crippen LogP contribution in [0, 0.1) is 5.92 Å². The highest BCUT2D eigenvalue weighted by Gasteiger charge is 2.38. The van der Waals surface area contributed by atoms with Crippen molar-refractivity contribution in [2.45, 2.75) is 32.0 Å². The molecular formula is C13H17N3O2. The molecule has 1 aromatic rings. The summed E-state index contributed by atoms with van der Waals surface area (Å²) in [5, 5.41) is 7.45. The van der Waals surface area contributed by atoms with E-state index in [1.54, 1.807) is 12.3 Å². The molecule has 2 aliphatic heterocycles. The molecule has 5 heteroatoms. The molecule has 1 aromatic heterocycles. The number of rotatable bonds is 1. The first-order valence-electron chi connectivity index (χ1n) is 6.45.